The van der Waals surface area contributed by atoms with Gasteiger partial charge in [-0.05, 0) is 24.3 Å². The third-order valence-corrected chi connectivity index (χ3v) is 2.91. The summed E-state index contributed by atoms with van der Waals surface area (Å²) in [6, 6.07) is 5.63. The van der Waals surface area contributed by atoms with E-state index in [1.165, 1.54) is 24.3 Å². The van der Waals surface area contributed by atoms with Crippen LogP contribution in [0, 0.1) is 0 Å². The molecule has 0 heterocycles. The largest absolute Gasteiger partial charge is 0.432 e. The first kappa shape index (κ1) is 18.1. The predicted molar refractivity (Wildman–Crippen MR) is 79.1 cm³/mol. The Balaban J connectivity index is 2.62. The molecule has 0 fully saturated rings. The minimum atomic E-state index is -1.13. The van der Waals surface area contributed by atoms with Gasteiger partial charge in [0.15, 0.2) is 0 Å². The summed E-state index contributed by atoms with van der Waals surface area (Å²) in [5.74, 6) is -1.32. The molecular weight excluding hydrogens is 288 g/mol. The van der Waals surface area contributed by atoms with E-state index >= 15 is 0 Å². The van der Waals surface area contributed by atoms with Crippen LogP contribution in [0.25, 0.3) is 0 Å². The number of carbonyl (C=O) groups is 2. The van der Waals surface area contributed by atoms with E-state index in [0.717, 1.165) is 0 Å². The minimum absolute atomic E-state index is 0.223. The van der Waals surface area contributed by atoms with Crippen LogP contribution < -0.4 is 0 Å². The van der Waals surface area contributed by atoms with Crippen LogP contribution in [0.1, 0.15) is 60.2 Å². The van der Waals surface area contributed by atoms with Crippen molar-refractivity contribution in [3.8, 4) is 0 Å². The molecular formula is C16H22O6. The molecule has 2 atom stereocenters. The van der Waals surface area contributed by atoms with E-state index in [4.69, 9.17) is 9.47 Å². The zero-order valence-corrected chi connectivity index (χ0v) is 12.8. The quantitative estimate of drug-likeness (QED) is 0.565. The van der Waals surface area contributed by atoms with Gasteiger partial charge in [0.25, 0.3) is 0 Å². The molecule has 0 radical (unpaired) electrons. The summed E-state index contributed by atoms with van der Waals surface area (Å²) in [5.41, 5.74) is 0.446. The average molecular weight is 310 g/mol. The summed E-state index contributed by atoms with van der Waals surface area (Å²) in [7, 11) is 0. The Bertz CT molecular complexity index is 437. The smallest absolute Gasteiger partial charge is 0.340 e. The van der Waals surface area contributed by atoms with Crippen LogP contribution in [0.4, 0.5) is 0 Å². The maximum atomic E-state index is 11.7. The standard InChI is InChI=1S/C16H22O6/c1-3-5-13(17)21-15(19)11-7-9-12(10-8-11)16(20)22-14(18)6-4-2/h7-10,13-14,17-18H,3-6H2,1-2H3. The fraction of sp³-hybridized carbons (Fsp3) is 0.500. The van der Waals surface area contributed by atoms with Crippen molar-refractivity contribution in [2.45, 2.75) is 52.1 Å². The van der Waals surface area contributed by atoms with Crippen molar-refractivity contribution in [3.63, 3.8) is 0 Å². The van der Waals surface area contributed by atoms with E-state index < -0.39 is 24.5 Å². The molecule has 0 aromatic heterocycles. The van der Waals surface area contributed by atoms with Gasteiger partial charge in [-0.3, -0.25) is 0 Å². The SMILES string of the molecule is CCCC(O)OC(=O)c1ccc(C(=O)OC(O)CCC)cc1. The molecule has 2 unspecified atom stereocenters. The molecule has 0 aliphatic rings. The monoisotopic (exact) mass is 310 g/mol. The van der Waals surface area contributed by atoms with Crippen molar-refractivity contribution in [1.29, 1.82) is 0 Å². The van der Waals surface area contributed by atoms with Gasteiger partial charge in [0, 0.05) is 12.8 Å². The minimum Gasteiger partial charge on any atom is -0.432 e. The number of hydrogen-bond donors (Lipinski definition) is 2. The zero-order valence-electron chi connectivity index (χ0n) is 12.8. The van der Waals surface area contributed by atoms with Crippen LogP contribution in [0.15, 0.2) is 24.3 Å². The van der Waals surface area contributed by atoms with E-state index in [1.807, 2.05) is 13.8 Å². The maximum absolute atomic E-state index is 11.7. The topological polar surface area (TPSA) is 93.1 Å². The molecule has 0 spiro atoms. The molecule has 6 heteroatoms. The highest BCUT2D eigenvalue weighted by atomic mass is 16.6. The number of aliphatic hydroxyl groups excluding tert-OH is 2. The van der Waals surface area contributed by atoms with Crippen molar-refractivity contribution in [3.05, 3.63) is 35.4 Å². The summed E-state index contributed by atoms with van der Waals surface area (Å²) in [6.07, 6.45) is -0.145. The van der Waals surface area contributed by atoms with E-state index in [0.29, 0.717) is 25.7 Å². The Morgan fingerprint density at radius 3 is 1.45 bits per heavy atom. The molecule has 1 aromatic carbocycles. The van der Waals surface area contributed by atoms with Crippen molar-refractivity contribution in [2.24, 2.45) is 0 Å². The fourth-order valence-electron chi connectivity index (χ4n) is 1.74. The number of benzene rings is 1. The number of carbonyl (C=O) groups excluding carboxylic acids is 2. The molecule has 1 rings (SSSR count). The third-order valence-electron chi connectivity index (χ3n) is 2.91. The van der Waals surface area contributed by atoms with E-state index in [2.05, 4.69) is 0 Å². The third kappa shape index (κ3) is 5.83. The number of rotatable bonds is 8. The molecule has 2 N–H and O–H groups in total. The molecule has 0 saturated heterocycles. The second-order valence-electron chi connectivity index (χ2n) is 4.87. The average Bonchev–Trinajstić information content (AvgIpc) is 2.47. The number of hydrogen-bond acceptors (Lipinski definition) is 6. The van der Waals surface area contributed by atoms with Crippen molar-refractivity contribution < 1.29 is 29.3 Å². The van der Waals surface area contributed by atoms with Gasteiger partial charge in [-0.2, -0.15) is 0 Å². The Morgan fingerprint density at radius 1 is 0.864 bits per heavy atom. The Morgan fingerprint density at radius 2 is 1.18 bits per heavy atom. The molecule has 122 valence electrons. The Kier molecular flexibility index (Phi) is 7.56. The molecule has 0 aliphatic carbocycles. The summed E-state index contributed by atoms with van der Waals surface area (Å²) < 4.78 is 9.67. The number of esters is 2. The molecule has 0 saturated carbocycles. The normalized spacial score (nSPS) is 13.3. The molecule has 0 bridgehead atoms. The second-order valence-corrected chi connectivity index (χ2v) is 4.87. The fourth-order valence-corrected chi connectivity index (χ4v) is 1.74. The summed E-state index contributed by atoms with van der Waals surface area (Å²) in [5, 5.41) is 18.9. The van der Waals surface area contributed by atoms with Gasteiger partial charge >= 0.3 is 11.9 Å². The van der Waals surface area contributed by atoms with Gasteiger partial charge in [0.05, 0.1) is 11.1 Å². The first-order valence-electron chi connectivity index (χ1n) is 7.36. The number of ether oxygens (including phenoxy) is 2. The zero-order chi connectivity index (χ0) is 16.5. The first-order valence-corrected chi connectivity index (χ1v) is 7.36. The van der Waals surface area contributed by atoms with Crippen LogP contribution in [-0.2, 0) is 9.47 Å². The maximum Gasteiger partial charge on any atom is 0.340 e. The van der Waals surface area contributed by atoms with E-state index in [1.54, 1.807) is 0 Å². The molecule has 0 amide bonds. The molecule has 6 nitrogen and oxygen atoms in total. The van der Waals surface area contributed by atoms with Gasteiger partial charge in [-0.1, -0.05) is 26.7 Å². The Hall–Kier alpha value is -1.92. The molecule has 22 heavy (non-hydrogen) atoms. The summed E-state index contributed by atoms with van der Waals surface area (Å²) in [4.78, 5) is 23.5. The van der Waals surface area contributed by atoms with Gasteiger partial charge in [-0.15, -0.1) is 0 Å². The lowest BCUT2D eigenvalue weighted by Crippen LogP contribution is -2.18. The van der Waals surface area contributed by atoms with Crippen molar-refractivity contribution >= 4 is 11.9 Å². The van der Waals surface area contributed by atoms with Gasteiger partial charge in [-0.25, -0.2) is 9.59 Å². The predicted octanol–water partition coefficient (Wildman–Crippen LogP) is 2.24. The molecule has 0 aliphatic heterocycles. The highest BCUT2D eigenvalue weighted by Gasteiger charge is 2.15. The Labute approximate surface area is 129 Å². The first-order chi connectivity index (χ1) is 10.5. The van der Waals surface area contributed by atoms with Crippen LogP contribution in [0.5, 0.6) is 0 Å². The lowest BCUT2D eigenvalue weighted by molar-refractivity contribution is -0.0699. The van der Waals surface area contributed by atoms with Gasteiger partial charge < -0.3 is 19.7 Å². The number of aliphatic hydroxyl groups is 2. The molecule has 1 aromatic rings. The summed E-state index contributed by atoms with van der Waals surface area (Å²) >= 11 is 0. The highest BCUT2D eigenvalue weighted by molar-refractivity contribution is 5.93. The lowest BCUT2D eigenvalue weighted by Gasteiger charge is -2.12. The van der Waals surface area contributed by atoms with Gasteiger partial charge in [0.1, 0.15) is 0 Å². The van der Waals surface area contributed by atoms with Crippen LogP contribution in [0.3, 0.4) is 0 Å². The van der Waals surface area contributed by atoms with Crippen LogP contribution in [0.2, 0.25) is 0 Å². The van der Waals surface area contributed by atoms with Crippen LogP contribution in [-0.4, -0.2) is 34.7 Å². The van der Waals surface area contributed by atoms with Crippen molar-refractivity contribution in [2.75, 3.05) is 0 Å². The highest BCUT2D eigenvalue weighted by Crippen LogP contribution is 2.11. The second kappa shape index (κ2) is 9.17. The van der Waals surface area contributed by atoms with Crippen molar-refractivity contribution in [1.82, 2.24) is 0 Å². The van der Waals surface area contributed by atoms with Gasteiger partial charge in [0.2, 0.25) is 12.6 Å². The lowest BCUT2D eigenvalue weighted by atomic mass is 10.1. The van der Waals surface area contributed by atoms with Crippen LogP contribution >= 0.6 is 0 Å². The van der Waals surface area contributed by atoms with E-state index in [9.17, 15) is 19.8 Å². The van der Waals surface area contributed by atoms with E-state index in [-0.39, 0.29) is 11.1 Å². The summed E-state index contributed by atoms with van der Waals surface area (Å²) in [6.45, 7) is 3.73.